The van der Waals surface area contributed by atoms with Crippen molar-refractivity contribution < 1.29 is 19.2 Å². The summed E-state index contributed by atoms with van der Waals surface area (Å²) in [5.74, 6) is 0.613. The predicted octanol–water partition coefficient (Wildman–Crippen LogP) is 3.26. The SMILES string of the molecule is COc1ccc(C(=O)N[C@@H](C)c2nnc(SCC(=O)Nc3cc([N+](=O)[O-])ccc3C)n2C)cc1. The van der Waals surface area contributed by atoms with Crippen LogP contribution in [0.15, 0.2) is 47.6 Å². The van der Waals surface area contributed by atoms with Gasteiger partial charge in [0.2, 0.25) is 5.91 Å². The number of carbonyl (C=O) groups excluding carboxylic acids is 2. The molecule has 0 aliphatic carbocycles. The summed E-state index contributed by atoms with van der Waals surface area (Å²) in [6.45, 7) is 3.54. The van der Waals surface area contributed by atoms with Gasteiger partial charge in [0, 0.05) is 24.7 Å². The van der Waals surface area contributed by atoms with Crippen LogP contribution >= 0.6 is 11.8 Å². The molecule has 0 fully saturated rings. The van der Waals surface area contributed by atoms with Crippen molar-refractivity contribution in [1.82, 2.24) is 20.1 Å². The first-order valence-electron chi connectivity index (χ1n) is 10.2. The van der Waals surface area contributed by atoms with Crippen LogP contribution in [0.5, 0.6) is 5.75 Å². The number of ether oxygens (including phenoxy) is 1. The second-order valence-electron chi connectivity index (χ2n) is 7.42. The maximum atomic E-state index is 12.5. The van der Waals surface area contributed by atoms with Gasteiger partial charge >= 0.3 is 0 Å². The van der Waals surface area contributed by atoms with E-state index in [0.29, 0.717) is 33.5 Å². The van der Waals surface area contributed by atoms with Crippen molar-refractivity contribution in [2.24, 2.45) is 7.05 Å². The first kappa shape index (κ1) is 24.7. The van der Waals surface area contributed by atoms with Gasteiger partial charge in [0.15, 0.2) is 11.0 Å². The van der Waals surface area contributed by atoms with Gasteiger partial charge in [-0.2, -0.15) is 0 Å². The lowest BCUT2D eigenvalue weighted by atomic mass is 10.2. The number of hydrogen-bond acceptors (Lipinski definition) is 8. The van der Waals surface area contributed by atoms with E-state index >= 15 is 0 Å². The summed E-state index contributed by atoms with van der Waals surface area (Å²) in [5, 5.41) is 25.3. The fraction of sp³-hybridized carbons (Fsp3) is 0.273. The molecule has 2 amide bonds. The second kappa shape index (κ2) is 10.8. The number of aromatic nitrogens is 3. The Morgan fingerprint density at radius 3 is 2.56 bits per heavy atom. The van der Waals surface area contributed by atoms with Gasteiger partial charge in [-0.05, 0) is 43.7 Å². The molecule has 0 aliphatic heterocycles. The number of rotatable bonds is 9. The zero-order chi connectivity index (χ0) is 24.8. The first-order chi connectivity index (χ1) is 16.2. The summed E-state index contributed by atoms with van der Waals surface area (Å²) in [6.07, 6.45) is 0. The Morgan fingerprint density at radius 2 is 1.91 bits per heavy atom. The molecule has 2 N–H and O–H groups in total. The van der Waals surface area contributed by atoms with Crippen LogP contribution in [0.1, 0.15) is 34.7 Å². The summed E-state index contributed by atoms with van der Waals surface area (Å²) >= 11 is 1.17. The molecule has 12 heteroatoms. The second-order valence-corrected chi connectivity index (χ2v) is 8.36. The number of nitrogens with zero attached hydrogens (tertiary/aromatic N) is 4. The number of carbonyl (C=O) groups is 2. The van der Waals surface area contributed by atoms with Gasteiger partial charge in [0.05, 0.1) is 29.5 Å². The van der Waals surface area contributed by atoms with Crippen molar-refractivity contribution >= 4 is 35.0 Å². The number of benzene rings is 2. The van der Waals surface area contributed by atoms with E-state index in [0.717, 1.165) is 0 Å². The number of aryl methyl sites for hydroxylation is 1. The Labute approximate surface area is 200 Å². The summed E-state index contributed by atoms with van der Waals surface area (Å²) in [6, 6.07) is 10.6. The summed E-state index contributed by atoms with van der Waals surface area (Å²) < 4.78 is 6.80. The lowest BCUT2D eigenvalue weighted by Crippen LogP contribution is -2.28. The van der Waals surface area contributed by atoms with E-state index in [1.165, 1.54) is 23.9 Å². The largest absolute Gasteiger partial charge is 0.497 e. The molecule has 1 heterocycles. The van der Waals surface area contributed by atoms with Crippen LogP contribution in [0.2, 0.25) is 0 Å². The number of non-ortho nitro benzene ring substituents is 1. The monoisotopic (exact) mass is 484 g/mol. The standard InChI is InChI=1S/C22H24N6O5S/c1-13-5-8-16(28(31)32)11-18(13)24-19(29)12-34-22-26-25-20(27(22)3)14(2)23-21(30)15-6-9-17(33-4)10-7-15/h5-11,14H,12H2,1-4H3,(H,23,30)(H,24,29)/t14-/m0/s1. The molecule has 0 saturated carbocycles. The third-order valence-corrected chi connectivity index (χ3v) is 6.01. The molecular weight excluding hydrogens is 460 g/mol. The van der Waals surface area contributed by atoms with Crippen molar-refractivity contribution in [3.8, 4) is 5.75 Å². The molecular formula is C22H24N6O5S. The Hall–Kier alpha value is -3.93. The van der Waals surface area contributed by atoms with Gasteiger partial charge in [-0.25, -0.2) is 0 Å². The molecule has 1 aromatic heterocycles. The molecule has 34 heavy (non-hydrogen) atoms. The van der Waals surface area contributed by atoms with Crippen molar-refractivity contribution in [2.75, 3.05) is 18.2 Å². The zero-order valence-corrected chi connectivity index (χ0v) is 19.9. The molecule has 0 unspecified atom stereocenters. The van der Waals surface area contributed by atoms with Crippen molar-refractivity contribution in [2.45, 2.75) is 25.0 Å². The maximum absolute atomic E-state index is 12.5. The summed E-state index contributed by atoms with van der Waals surface area (Å²) in [4.78, 5) is 35.4. The molecule has 0 bridgehead atoms. The molecule has 0 saturated heterocycles. The van der Waals surface area contributed by atoms with E-state index in [4.69, 9.17) is 4.74 Å². The van der Waals surface area contributed by atoms with E-state index in [-0.39, 0.29) is 23.3 Å². The van der Waals surface area contributed by atoms with Gasteiger partial charge in [0.25, 0.3) is 11.6 Å². The number of methoxy groups -OCH3 is 1. The molecule has 11 nitrogen and oxygen atoms in total. The van der Waals surface area contributed by atoms with E-state index < -0.39 is 11.0 Å². The van der Waals surface area contributed by atoms with Crippen LogP contribution < -0.4 is 15.4 Å². The molecule has 2 aromatic carbocycles. The normalized spacial score (nSPS) is 11.5. The van der Waals surface area contributed by atoms with Crippen LogP contribution in [-0.2, 0) is 11.8 Å². The van der Waals surface area contributed by atoms with Crippen LogP contribution in [0.25, 0.3) is 0 Å². The van der Waals surface area contributed by atoms with Gasteiger partial charge < -0.3 is 19.9 Å². The highest BCUT2D eigenvalue weighted by Gasteiger charge is 2.19. The molecule has 0 aliphatic rings. The fourth-order valence-electron chi connectivity index (χ4n) is 3.09. The average Bonchev–Trinajstić information content (AvgIpc) is 3.19. The van der Waals surface area contributed by atoms with Gasteiger partial charge in [-0.1, -0.05) is 17.8 Å². The quantitative estimate of drug-likeness (QED) is 0.268. The van der Waals surface area contributed by atoms with Crippen molar-refractivity contribution in [3.63, 3.8) is 0 Å². The lowest BCUT2D eigenvalue weighted by molar-refractivity contribution is -0.384. The number of hydrogen-bond donors (Lipinski definition) is 2. The molecule has 3 rings (SSSR count). The summed E-state index contributed by atoms with van der Waals surface area (Å²) in [5.41, 5.74) is 1.48. The molecule has 3 aromatic rings. The number of anilines is 1. The minimum Gasteiger partial charge on any atom is -0.497 e. The minimum atomic E-state index is -0.514. The third kappa shape index (κ3) is 5.90. The number of nitro groups is 1. The van der Waals surface area contributed by atoms with E-state index in [1.807, 2.05) is 0 Å². The van der Waals surface area contributed by atoms with Crippen molar-refractivity contribution in [3.05, 3.63) is 69.5 Å². The van der Waals surface area contributed by atoms with Gasteiger partial charge in [0.1, 0.15) is 5.75 Å². The highest BCUT2D eigenvalue weighted by atomic mass is 32.2. The van der Waals surface area contributed by atoms with Crippen LogP contribution in [0.3, 0.4) is 0 Å². The highest BCUT2D eigenvalue weighted by Crippen LogP contribution is 2.23. The molecule has 0 spiro atoms. The fourth-order valence-corrected chi connectivity index (χ4v) is 3.81. The van der Waals surface area contributed by atoms with Crippen molar-refractivity contribution in [1.29, 1.82) is 0 Å². The van der Waals surface area contributed by atoms with E-state index in [9.17, 15) is 19.7 Å². The summed E-state index contributed by atoms with van der Waals surface area (Å²) in [7, 11) is 3.30. The topological polar surface area (TPSA) is 141 Å². The van der Waals surface area contributed by atoms with Crippen LogP contribution in [0, 0.1) is 17.0 Å². The molecule has 178 valence electrons. The molecule has 0 radical (unpaired) electrons. The predicted molar refractivity (Wildman–Crippen MR) is 127 cm³/mol. The van der Waals surface area contributed by atoms with E-state index in [1.54, 1.807) is 62.9 Å². The number of amides is 2. The smallest absolute Gasteiger partial charge is 0.271 e. The highest BCUT2D eigenvalue weighted by molar-refractivity contribution is 7.99. The van der Waals surface area contributed by atoms with E-state index in [2.05, 4.69) is 20.8 Å². The number of thioether (sulfide) groups is 1. The minimum absolute atomic E-state index is 0.0285. The Morgan fingerprint density at radius 1 is 1.21 bits per heavy atom. The Bertz CT molecular complexity index is 1210. The number of nitro benzene ring substituents is 1. The van der Waals surface area contributed by atoms with Gasteiger partial charge in [-0.3, -0.25) is 19.7 Å². The zero-order valence-electron chi connectivity index (χ0n) is 19.1. The number of nitrogens with one attached hydrogen (secondary N) is 2. The van der Waals surface area contributed by atoms with Crippen LogP contribution in [0.4, 0.5) is 11.4 Å². The first-order valence-corrected chi connectivity index (χ1v) is 11.2. The Balaban J connectivity index is 1.59. The molecule has 1 atom stereocenters. The lowest BCUT2D eigenvalue weighted by Gasteiger charge is -2.14. The third-order valence-electron chi connectivity index (χ3n) is 4.99. The van der Waals surface area contributed by atoms with Crippen LogP contribution in [-0.4, -0.2) is 44.4 Å². The van der Waals surface area contributed by atoms with Gasteiger partial charge in [-0.15, -0.1) is 10.2 Å². The maximum Gasteiger partial charge on any atom is 0.271 e. The average molecular weight is 485 g/mol. The Kier molecular flexibility index (Phi) is 7.84.